The van der Waals surface area contributed by atoms with E-state index in [2.05, 4.69) is 0 Å². The zero-order valence-electron chi connectivity index (χ0n) is 10.4. The SMILES string of the molecule is C1CC2OC3(OC2C1)C1CC2CC(C1)CC3C2. The third kappa shape index (κ3) is 1.14. The van der Waals surface area contributed by atoms with Crippen molar-refractivity contribution in [1.82, 2.24) is 0 Å². The number of rotatable bonds is 0. The summed E-state index contributed by atoms with van der Waals surface area (Å²) < 4.78 is 13.1. The lowest BCUT2D eigenvalue weighted by Crippen LogP contribution is -2.58. The van der Waals surface area contributed by atoms with Crippen molar-refractivity contribution in [2.24, 2.45) is 23.7 Å². The fourth-order valence-corrected chi connectivity index (χ4v) is 5.89. The van der Waals surface area contributed by atoms with E-state index in [0.717, 1.165) is 23.7 Å². The van der Waals surface area contributed by atoms with Crippen LogP contribution in [0, 0.1) is 23.7 Å². The van der Waals surface area contributed by atoms with E-state index in [1.54, 1.807) is 0 Å². The van der Waals surface area contributed by atoms with Gasteiger partial charge in [0.25, 0.3) is 0 Å². The third-order valence-corrected chi connectivity index (χ3v) is 6.34. The predicted molar refractivity (Wildman–Crippen MR) is 63.4 cm³/mol. The second-order valence-electron chi connectivity index (χ2n) is 7.27. The van der Waals surface area contributed by atoms with Gasteiger partial charge in [0.05, 0.1) is 12.2 Å². The molecule has 2 nitrogen and oxygen atoms in total. The molecular formula is C15H22O2. The van der Waals surface area contributed by atoms with Crippen LogP contribution in [0.25, 0.3) is 0 Å². The Morgan fingerprint density at radius 2 is 1.24 bits per heavy atom. The Morgan fingerprint density at radius 3 is 1.76 bits per heavy atom. The van der Waals surface area contributed by atoms with Crippen LogP contribution in [0.4, 0.5) is 0 Å². The summed E-state index contributed by atoms with van der Waals surface area (Å²) in [5.41, 5.74) is 0. The van der Waals surface area contributed by atoms with Gasteiger partial charge in [-0.3, -0.25) is 0 Å². The lowest BCUT2D eigenvalue weighted by Gasteiger charge is -2.58. The number of ether oxygens (including phenoxy) is 2. The molecule has 5 aliphatic carbocycles. The molecule has 6 rings (SSSR count). The highest BCUT2D eigenvalue weighted by Crippen LogP contribution is 2.63. The Morgan fingerprint density at radius 1 is 0.706 bits per heavy atom. The van der Waals surface area contributed by atoms with Gasteiger partial charge in [0.2, 0.25) is 0 Å². The molecule has 1 spiro atoms. The smallest absolute Gasteiger partial charge is 0.174 e. The number of hydrogen-bond acceptors (Lipinski definition) is 2. The average molecular weight is 234 g/mol. The zero-order valence-corrected chi connectivity index (χ0v) is 10.4. The van der Waals surface area contributed by atoms with E-state index in [-0.39, 0.29) is 5.79 Å². The molecule has 4 bridgehead atoms. The highest BCUT2D eigenvalue weighted by Gasteiger charge is 2.64. The maximum atomic E-state index is 6.53. The number of fused-ring (bicyclic) bond motifs is 1. The standard InChI is InChI=1S/C15H22O2/c1-2-13-14(3-1)17-15(16-13)11-5-9-4-10(7-11)8-12(15)6-9/h9-14H,1-8H2. The van der Waals surface area contributed by atoms with Gasteiger partial charge in [0.15, 0.2) is 5.79 Å². The van der Waals surface area contributed by atoms with Crippen molar-refractivity contribution >= 4 is 0 Å². The van der Waals surface area contributed by atoms with Crippen molar-refractivity contribution in [3.05, 3.63) is 0 Å². The first-order valence-corrected chi connectivity index (χ1v) is 7.69. The minimum atomic E-state index is -0.108. The summed E-state index contributed by atoms with van der Waals surface area (Å²) in [4.78, 5) is 0. The van der Waals surface area contributed by atoms with Crippen molar-refractivity contribution in [3.63, 3.8) is 0 Å². The molecule has 0 aromatic rings. The van der Waals surface area contributed by atoms with Crippen LogP contribution in [-0.4, -0.2) is 18.0 Å². The Hall–Kier alpha value is -0.0800. The van der Waals surface area contributed by atoms with Crippen LogP contribution in [-0.2, 0) is 9.47 Å². The quantitative estimate of drug-likeness (QED) is 0.641. The third-order valence-electron chi connectivity index (χ3n) is 6.34. The van der Waals surface area contributed by atoms with Crippen molar-refractivity contribution in [2.75, 3.05) is 0 Å². The molecule has 5 saturated carbocycles. The molecule has 1 aliphatic heterocycles. The fraction of sp³-hybridized carbons (Fsp3) is 1.00. The second kappa shape index (κ2) is 3.08. The Labute approximate surface area is 103 Å². The fourth-order valence-electron chi connectivity index (χ4n) is 5.89. The first kappa shape index (κ1) is 9.80. The molecule has 94 valence electrons. The van der Waals surface area contributed by atoms with E-state index < -0.39 is 0 Å². The topological polar surface area (TPSA) is 18.5 Å². The molecule has 2 unspecified atom stereocenters. The van der Waals surface area contributed by atoms with Gasteiger partial charge in [0, 0.05) is 11.8 Å². The summed E-state index contributed by atoms with van der Waals surface area (Å²) in [6, 6.07) is 0. The van der Waals surface area contributed by atoms with Crippen LogP contribution in [0.3, 0.4) is 0 Å². The van der Waals surface area contributed by atoms with Crippen LogP contribution in [0.2, 0.25) is 0 Å². The van der Waals surface area contributed by atoms with Crippen molar-refractivity contribution in [2.45, 2.75) is 69.4 Å². The first-order chi connectivity index (χ1) is 8.33. The van der Waals surface area contributed by atoms with Gasteiger partial charge in [-0.1, -0.05) is 0 Å². The maximum absolute atomic E-state index is 6.53. The van der Waals surface area contributed by atoms with Crippen molar-refractivity contribution in [1.29, 1.82) is 0 Å². The van der Waals surface area contributed by atoms with Crippen LogP contribution in [0.5, 0.6) is 0 Å². The van der Waals surface area contributed by atoms with Crippen molar-refractivity contribution < 1.29 is 9.47 Å². The zero-order chi connectivity index (χ0) is 11.0. The molecule has 1 saturated heterocycles. The first-order valence-electron chi connectivity index (χ1n) is 7.69. The van der Waals surface area contributed by atoms with E-state index in [9.17, 15) is 0 Å². The Kier molecular flexibility index (Phi) is 1.78. The molecule has 6 aliphatic rings. The molecule has 17 heavy (non-hydrogen) atoms. The van der Waals surface area contributed by atoms with Crippen LogP contribution >= 0.6 is 0 Å². The summed E-state index contributed by atoms with van der Waals surface area (Å²) in [7, 11) is 0. The summed E-state index contributed by atoms with van der Waals surface area (Å²) >= 11 is 0. The molecular weight excluding hydrogens is 212 g/mol. The van der Waals surface area contributed by atoms with Crippen LogP contribution < -0.4 is 0 Å². The molecule has 2 heteroatoms. The summed E-state index contributed by atoms with van der Waals surface area (Å²) in [5.74, 6) is 3.39. The normalized spacial score (nSPS) is 63.5. The second-order valence-corrected chi connectivity index (χ2v) is 7.27. The lowest BCUT2D eigenvalue weighted by atomic mass is 9.53. The van der Waals surface area contributed by atoms with Gasteiger partial charge < -0.3 is 9.47 Å². The van der Waals surface area contributed by atoms with Gasteiger partial charge in [0.1, 0.15) is 0 Å². The van der Waals surface area contributed by atoms with E-state index in [4.69, 9.17) is 9.47 Å². The summed E-state index contributed by atoms with van der Waals surface area (Å²) in [6.45, 7) is 0. The monoisotopic (exact) mass is 234 g/mol. The minimum Gasteiger partial charge on any atom is -0.343 e. The average Bonchev–Trinajstić information content (AvgIpc) is 2.83. The summed E-state index contributed by atoms with van der Waals surface area (Å²) in [5, 5.41) is 0. The van der Waals surface area contributed by atoms with Gasteiger partial charge in [-0.15, -0.1) is 0 Å². The van der Waals surface area contributed by atoms with Crippen LogP contribution in [0.15, 0.2) is 0 Å². The Bertz CT molecular complexity index is 309. The molecule has 0 aromatic carbocycles. The lowest BCUT2D eigenvalue weighted by molar-refractivity contribution is -0.301. The largest absolute Gasteiger partial charge is 0.343 e. The molecule has 0 amide bonds. The van der Waals surface area contributed by atoms with E-state index in [1.165, 1.54) is 51.4 Å². The highest BCUT2D eigenvalue weighted by molar-refractivity contribution is 5.07. The molecule has 2 atom stereocenters. The Balaban J connectivity index is 1.51. The maximum Gasteiger partial charge on any atom is 0.174 e. The molecule has 1 heterocycles. The summed E-state index contributed by atoms with van der Waals surface area (Å²) in [6.07, 6.45) is 11.8. The van der Waals surface area contributed by atoms with Gasteiger partial charge >= 0.3 is 0 Å². The predicted octanol–water partition coefficient (Wildman–Crippen LogP) is 3.11. The van der Waals surface area contributed by atoms with Gasteiger partial charge in [-0.2, -0.15) is 0 Å². The van der Waals surface area contributed by atoms with Gasteiger partial charge in [-0.25, -0.2) is 0 Å². The number of hydrogen-bond donors (Lipinski definition) is 0. The van der Waals surface area contributed by atoms with Crippen LogP contribution in [0.1, 0.15) is 51.4 Å². The molecule has 0 aromatic heterocycles. The molecule has 0 N–H and O–H groups in total. The van der Waals surface area contributed by atoms with E-state index in [1.807, 2.05) is 0 Å². The molecule has 6 fully saturated rings. The van der Waals surface area contributed by atoms with Gasteiger partial charge in [-0.05, 0) is 63.2 Å². The van der Waals surface area contributed by atoms with E-state index >= 15 is 0 Å². The van der Waals surface area contributed by atoms with Crippen molar-refractivity contribution in [3.8, 4) is 0 Å². The minimum absolute atomic E-state index is 0.108. The van der Waals surface area contributed by atoms with E-state index in [0.29, 0.717) is 12.2 Å². The molecule has 0 radical (unpaired) electrons. The highest BCUT2D eigenvalue weighted by atomic mass is 16.8.